The van der Waals surface area contributed by atoms with Gasteiger partial charge >= 0.3 is 0 Å². The Morgan fingerprint density at radius 1 is 1.30 bits per heavy atom. The second kappa shape index (κ2) is 9.18. The molecule has 2 heterocycles. The Labute approximate surface area is 158 Å². The van der Waals surface area contributed by atoms with Crippen LogP contribution in [-0.2, 0) is 20.9 Å². The molecule has 0 saturated carbocycles. The van der Waals surface area contributed by atoms with E-state index in [4.69, 9.17) is 9.47 Å². The van der Waals surface area contributed by atoms with Crippen LogP contribution in [0.1, 0.15) is 18.0 Å². The van der Waals surface area contributed by atoms with Gasteiger partial charge in [0.15, 0.2) is 0 Å². The largest absolute Gasteiger partial charge is 0.496 e. The van der Waals surface area contributed by atoms with Crippen molar-refractivity contribution in [2.45, 2.75) is 19.0 Å². The lowest BCUT2D eigenvalue weighted by molar-refractivity contribution is -0.141. The summed E-state index contributed by atoms with van der Waals surface area (Å²) in [6.45, 7) is 2.44. The summed E-state index contributed by atoms with van der Waals surface area (Å²) in [6.07, 6.45) is 4.92. The molecule has 1 aliphatic rings. The number of carbonyl (C=O) groups excluding carboxylic acids is 2. The minimum absolute atomic E-state index is 0.0434. The van der Waals surface area contributed by atoms with Crippen LogP contribution in [0.5, 0.6) is 5.75 Å². The maximum absolute atomic E-state index is 12.9. The van der Waals surface area contributed by atoms with E-state index in [-0.39, 0.29) is 18.2 Å². The van der Waals surface area contributed by atoms with E-state index in [9.17, 15) is 9.59 Å². The predicted octanol–water partition coefficient (Wildman–Crippen LogP) is 0.998. The fourth-order valence-electron chi connectivity index (χ4n) is 3.06. The van der Waals surface area contributed by atoms with E-state index < -0.39 is 6.04 Å². The molecule has 144 valence electrons. The zero-order valence-electron chi connectivity index (χ0n) is 15.3. The third kappa shape index (κ3) is 4.85. The highest BCUT2D eigenvalue weighted by Gasteiger charge is 2.29. The molecule has 2 amide bonds. The number of amides is 2. The number of ether oxygens (including phenoxy) is 2. The smallest absolute Gasteiger partial charge is 0.246 e. The average Bonchev–Trinajstić information content (AvgIpc) is 3.25. The lowest BCUT2D eigenvalue weighted by Gasteiger charge is -2.30. The summed E-state index contributed by atoms with van der Waals surface area (Å²) < 4.78 is 12.3. The standard InChI is InChI=1S/C19H24N4O4/c1-26-17-5-3-2-4-15(17)13-21-18(24)12-16(23-7-6-20-14-23)19(25)22-8-10-27-11-9-22/h2-7,14,16H,8-13H2,1H3,(H,21,24)/t16-/m0/s1. The first-order valence-corrected chi connectivity index (χ1v) is 8.91. The molecule has 0 radical (unpaired) electrons. The van der Waals surface area contributed by atoms with E-state index in [2.05, 4.69) is 10.3 Å². The lowest BCUT2D eigenvalue weighted by atomic mass is 10.1. The van der Waals surface area contributed by atoms with Crippen molar-refractivity contribution in [3.05, 3.63) is 48.5 Å². The molecule has 1 N–H and O–H groups in total. The van der Waals surface area contributed by atoms with Gasteiger partial charge < -0.3 is 24.3 Å². The van der Waals surface area contributed by atoms with Crippen LogP contribution in [0, 0.1) is 0 Å². The fraction of sp³-hybridized carbons (Fsp3) is 0.421. The number of hydrogen-bond donors (Lipinski definition) is 1. The second-order valence-corrected chi connectivity index (χ2v) is 6.26. The predicted molar refractivity (Wildman–Crippen MR) is 98.1 cm³/mol. The van der Waals surface area contributed by atoms with Crippen LogP contribution in [0.2, 0.25) is 0 Å². The van der Waals surface area contributed by atoms with Crippen LogP contribution < -0.4 is 10.1 Å². The van der Waals surface area contributed by atoms with Gasteiger partial charge in [-0.1, -0.05) is 18.2 Å². The highest BCUT2D eigenvalue weighted by Crippen LogP contribution is 2.19. The number of hydrogen-bond acceptors (Lipinski definition) is 5. The van der Waals surface area contributed by atoms with Gasteiger partial charge in [0, 0.05) is 37.6 Å². The van der Waals surface area contributed by atoms with Crippen LogP contribution >= 0.6 is 0 Å². The number of imidazole rings is 1. The molecule has 3 rings (SSSR count). The molecule has 1 aromatic heterocycles. The number of rotatable bonds is 7. The van der Waals surface area contributed by atoms with Gasteiger partial charge in [0.05, 0.1) is 33.1 Å². The minimum Gasteiger partial charge on any atom is -0.496 e. The number of methoxy groups -OCH3 is 1. The van der Waals surface area contributed by atoms with E-state index >= 15 is 0 Å². The Balaban J connectivity index is 1.65. The van der Waals surface area contributed by atoms with E-state index in [1.54, 1.807) is 35.3 Å². The quantitative estimate of drug-likeness (QED) is 0.784. The molecule has 1 aromatic carbocycles. The summed E-state index contributed by atoms with van der Waals surface area (Å²) in [5, 5.41) is 2.88. The van der Waals surface area contributed by atoms with Crippen molar-refractivity contribution in [3.8, 4) is 5.75 Å². The van der Waals surface area contributed by atoms with Gasteiger partial charge in [0.25, 0.3) is 0 Å². The minimum atomic E-state index is -0.622. The second-order valence-electron chi connectivity index (χ2n) is 6.26. The topological polar surface area (TPSA) is 85.7 Å². The Morgan fingerprint density at radius 2 is 2.07 bits per heavy atom. The van der Waals surface area contributed by atoms with Crippen molar-refractivity contribution in [2.75, 3.05) is 33.4 Å². The van der Waals surface area contributed by atoms with Crippen molar-refractivity contribution in [1.82, 2.24) is 19.8 Å². The van der Waals surface area contributed by atoms with Gasteiger partial charge in [-0.3, -0.25) is 9.59 Å². The zero-order valence-corrected chi connectivity index (χ0v) is 15.3. The van der Waals surface area contributed by atoms with Crippen molar-refractivity contribution >= 4 is 11.8 Å². The summed E-state index contributed by atoms with van der Waals surface area (Å²) in [4.78, 5) is 31.2. The van der Waals surface area contributed by atoms with E-state index in [0.29, 0.717) is 38.6 Å². The molecule has 0 aliphatic carbocycles. The lowest BCUT2D eigenvalue weighted by Crippen LogP contribution is -2.45. The first-order valence-electron chi connectivity index (χ1n) is 8.91. The first kappa shape index (κ1) is 18.9. The van der Waals surface area contributed by atoms with Crippen LogP contribution in [0.25, 0.3) is 0 Å². The molecule has 8 nitrogen and oxygen atoms in total. The highest BCUT2D eigenvalue weighted by molar-refractivity contribution is 5.87. The number of nitrogens with one attached hydrogen (secondary N) is 1. The third-order valence-corrected chi connectivity index (χ3v) is 4.54. The van der Waals surface area contributed by atoms with Gasteiger partial charge in [0.2, 0.25) is 11.8 Å². The molecule has 1 saturated heterocycles. The molecule has 0 spiro atoms. The maximum atomic E-state index is 12.9. The Bertz CT molecular complexity index is 757. The Hall–Kier alpha value is -2.87. The molecule has 8 heteroatoms. The van der Waals surface area contributed by atoms with Crippen LogP contribution in [0.3, 0.4) is 0 Å². The zero-order chi connectivity index (χ0) is 19.1. The molecule has 1 atom stereocenters. The van der Waals surface area contributed by atoms with Gasteiger partial charge in [-0.2, -0.15) is 0 Å². The SMILES string of the molecule is COc1ccccc1CNC(=O)C[C@@H](C(=O)N1CCOCC1)n1ccnc1. The number of nitrogens with zero attached hydrogens (tertiary/aromatic N) is 3. The summed E-state index contributed by atoms with van der Waals surface area (Å²) >= 11 is 0. The summed E-state index contributed by atoms with van der Waals surface area (Å²) in [5.74, 6) is 0.415. The summed E-state index contributed by atoms with van der Waals surface area (Å²) in [6, 6.07) is 6.88. The Kier molecular flexibility index (Phi) is 6.43. The van der Waals surface area contributed by atoms with Crippen molar-refractivity contribution in [2.24, 2.45) is 0 Å². The molecule has 27 heavy (non-hydrogen) atoms. The number of carbonyl (C=O) groups is 2. The van der Waals surface area contributed by atoms with Crippen molar-refractivity contribution < 1.29 is 19.1 Å². The first-order chi connectivity index (χ1) is 13.2. The number of para-hydroxylation sites is 1. The molecule has 0 bridgehead atoms. The van der Waals surface area contributed by atoms with E-state index in [1.807, 2.05) is 24.3 Å². The van der Waals surface area contributed by atoms with Crippen molar-refractivity contribution in [1.29, 1.82) is 0 Å². The number of morpholine rings is 1. The van der Waals surface area contributed by atoms with Gasteiger partial charge in [-0.25, -0.2) is 4.98 Å². The van der Waals surface area contributed by atoms with Crippen LogP contribution in [0.4, 0.5) is 0 Å². The van der Waals surface area contributed by atoms with Crippen molar-refractivity contribution in [3.63, 3.8) is 0 Å². The molecule has 1 aliphatic heterocycles. The molecular weight excluding hydrogens is 348 g/mol. The normalized spacial score (nSPS) is 15.2. The molecular formula is C19H24N4O4. The molecule has 1 fully saturated rings. The van der Waals surface area contributed by atoms with Gasteiger partial charge in [-0.05, 0) is 6.07 Å². The third-order valence-electron chi connectivity index (χ3n) is 4.54. The Morgan fingerprint density at radius 3 is 2.78 bits per heavy atom. The summed E-state index contributed by atoms with van der Waals surface area (Å²) in [7, 11) is 1.59. The average molecular weight is 372 g/mol. The van der Waals surface area contributed by atoms with Gasteiger partial charge in [0.1, 0.15) is 11.8 Å². The summed E-state index contributed by atoms with van der Waals surface area (Å²) in [5.41, 5.74) is 0.882. The van der Waals surface area contributed by atoms with E-state index in [1.165, 1.54) is 0 Å². The number of aromatic nitrogens is 2. The fourth-order valence-corrected chi connectivity index (χ4v) is 3.06. The van der Waals surface area contributed by atoms with Crippen LogP contribution in [-0.4, -0.2) is 59.7 Å². The monoisotopic (exact) mass is 372 g/mol. The molecule has 2 aromatic rings. The van der Waals surface area contributed by atoms with E-state index in [0.717, 1.165) is 5.56 Å². The van der Waals surface area contributed by atoms with Gasteiger partial charge in [-0.15, -0.1) is 0 Å². The number of benzene rings is 1. The highest BCUT2D eigenvalue weighted by atomic mass is 16.5. The van der Waals surface area contributed by atoms with Crippen LogP contribution in [0.15, 0.2) is 43.0 Å². The molecule has 0 unspecified atom stereocenters. The maximum Gasteiger partial charge on any atom is 0.246 e.